The molecule has 1 aromatic carbocycles. The SMILES string of the molecule is CC(C)(C)OC(=O)N[C@@H](Cc1ccccc1)C(=O)C=N. The van der Waals surface area contributed by atoms with E-state index in [4.69, 9.17) is 10.1 Å². The van der Waals surface area contributed by atoms with E-state index in [1.807, 2.05) is 30.3 Å². The highest BCUT2D eigenvalue weighted by atomic mass is 16.6. The molecule has 2 N–H and O–H groups in total. The minimum absolute atomic E-state index is 0.328. The number of hydrogen-bond acceptors (Lipinski definition) is 4. The van der Waals surface area contributed by atoms with Crippen LogP contribution in [-0.2, 0) is 16.0 Å². The number of Topliss-reactive ketones (excluding diaryl/α,β-unsaturated/α-hetero) is 1. The molecule has 0 aliphatic heterocycles. The fraction of sp³-hybridized carbons (Fsp3) is 0.400. The van der Waals surface area contributed by atoms with Crippen LogP contribution in [0.4, 0.5) is 4.79 Å². The molecule has 0 bridgehead atoms. The third-order valence-corrected chi connectivity index (χ3v) is 2.46. The maximum atomic E-state index is 11.7. The van der Waals surface area contributed by atoms with Crippen LogP contribution in [0, 0.1) is 5.41 Å². The molecule has 1 aromatic rings. The Labute approximate surface area is 118 Å². The standard InChI is InChI=1S/C15H20N2O3/c1-15(2,3)20-14(19)17-12(13(18)10-16)9-11-7-5-4-6-8-11/h4-8,10,12,16H,9H2,1-3H3,(H,17,19)/t12-/m0/s1. The molecule has 0 aliphatic rings. The first-order valence-corrected chi connectivity index (χ1v) is 6.39. The number of hydrogen-bond donors (Lipinski definition) is 2. The van der Waals surface area contributed by atoms with Crippen molar-refractivity contribution in [1.82, 2.24) is 5.32 Å². The first-order chi connectivity index (χ1) is 9.31. The van der Waals surface area contributed by atoms with Gasteiger partial charge in [0.25, 0.3) is 0 Å². The molecule has 0 unspecified atom stereocenters. The smallest absolute Gasteiger partial charge is 0.408 e. The van der Waals surface area contributed by atoms with Crippen LogP contribution in [0.3, 0.4) is 0 Å². The van der Waals surface area contributed by atoms with E-state index in [1.54, 1.807) is 20.8 Å². The van der Waals surface area contributed by atoms with Crippen LogP contribution in [0.25, 0.3) is 0 Å². The summed E-state index contributed by atoms with van der Waals surface area (Å²) in [6.07, 6.45) is 0.382. The van der Waals surface area contributed by atoms with E-state index in [0.717, 1.165) is 5.56 Å². The number of alkyl carbamates (subject to hydrolysis) is 1. The van der Waals surface area contributed by atoms with E-state index in [9.17, 15) is 9.59 Å². The molecule has 0 saturated heterocycles. The molecule has 0 fully saturated rings. The maximum absolute atomic E-state index is 11.7. The molecule has 5 nitrogen and oxygen atoms in total. The molecule has 1 atom stereocenters. The van der Waals surface area contributed by atoms with Gasteiger partial charge in [-0.25, -0.2) is 4.79 Å². The maximum Gasteiger partial charge on any atom is 0.408 e. The third-order valence-electron chi connectivity index (χ3n) is 2.46. The Bertz CT molecular complexity index is 478. The van der Waals surface area contributed by atoms with Crippen molar-refractivity contribution in [2.24, 2.45) is 0 Å². The van der Waals surface area contributed by atoms with E-state index in [1.165, 1.54) is 0 Å². The number of benzene rings is 1. The quantitative estimate of drug-likeness (QED) is 0.810. The van der Waals surface area contributed by atoms with Crippen LogP contribution in [0.15, 0.2) is 30.3 Å². The van der Waals surface area contributed by atoms with Crippen LogP contribution in [0.1, 0.15) is 26.3 Å². The van der Waals surface area contributed by atoms with Gasteiger partial charge in [0.2, 0.25) is 0 Å². The summed E-state index contributed by atoms with van der Waals surface area (Å²) in [5.41, 5.74) is 0.276. The van der Waals surface area contributed by atoms with Crippen LogP contribution in [-0.4, -0.2) is 29.7 Å². The number of rotatable bonds is 5. The van der Waals surface area contributed by atoms with Gasteiger partial charge in [-0.05, 0) is 26.3 Å². The van der Waals surface area contributed by atoms with Crippen molar-refractivity contribution in [3.05, 3.63) is 35.9 Å². The van der Waals surface area contributed by atoms with E-state index in [0.29, 0.717) is 12.6 Å². The lowest BCUT2D eigenvalue weighted by atomic mass is 10.0. The van der Waals surface area contributed by atoms with E-state index in [2.05, 4.69) is 5.32 Å². The highest BCUT2D eigenvalue weighted by molar-refractivity contribution is 6.29. The fourth-order valence-corrected chi connectivity index (χ4v) is 1.62. The molecular weight excluding hydrogens is 256 g/mol. The summed E-state index contributed by atoms with van der Waals surface area (Å²) in [7, 11) is 0. The Morgan fingerprint density at radius 2 is 1.90 bits per heavy atom. The number of ketones is 1. The minimum Gasteiger partial charge on any atom is -0.444 e. The largest absolute Gasteiger partial charge is 0.444 e. The van der Waals surface area contributed by atoms with Crippen LogP contribution >= 0.6 is 0 Å². The van der Waals surface area contributed by atoms with E-state index < -0.39 is 23.5 Å². The van der Waals surface area contributed by atoms with Gasteiger partial charge < -0.3 is 15.5 Å². The number of amides is 1. The zero-order chi connectivity index (χ0) is 15.2. The molecular formula is C15H20N2O3. The summed E-state index contributed by atoms with van der Waals surface area (Å²) in [5.74, 6) is -0.459. The lowest BCUT2D eigenvalue weighted by molar-refractivity contribution is -0.114. The van der Waals surface area contributed by atoms with Gasteiger partial charge in [0, 0.05) is 6.42 Å². The molecule has 1 rings (SSSR count). The Morgan fingerprint density at radius 1 is 1.30 bits per heavy atom. The van der Waals surface area contributed by atoms with Crippen molar-refractivity contribution in [2.75, 3.05) is 0 Å². The second-order valence-electron chi connectivity index (χ2n) is 5.44. The van der Waals surface area contributed by atoms with Gasteiger partial charge >= 0.3 is 6.09 Å². The Morgan fingerprint density at radius 3 is 2.40 bits per heavy atom. The number of carbonyl (C=O) groups is 2. The molecule has 0 spiro atoms. The molecule has 5 heteroatoms. The molecule has 0 heterocycles. The first-order valence-electron chi connectivity index (χ1n) is 6.39. The number of carbonyl (C=O) groups excluding carboxylic acids is 2. The first kappa shape index (κ1) is 15.9. The molecule has 0 saturated carbocycles. The minimum atomic E-state index is -0.787. The van der Waals surface area contributed by atoms with Crippen molar-refractivity contribution in [3.8, 4) is 0 Å². The summed E-state index contributed by atoms with van der Waals surface area (Å²) < 4.78 is 5.12. The van der Waals surface area contributed by atoms with Gasteiger partial charge in [-0.1, -0.05) is 30.3 Å². The lowest BCUT2D eigenvalue weighted by Crippen LogP contribution is -2.45. The van der Waals surface area contributed by atoms with Crippen LogP contribution in [0.2, 0.25) is 0 Å². The van der Waals surface area contributed by atoms with Crippen molar-refractivity contribution in [2.45, 2.75) is 38.8 Å². The van der Waals surface area contributed by atoms with E-state index >= 15 is 0 Å². The van der Waals surface area contributed by atoms with Gasteiger partial charge in [0.1, 0.15) is 11.6 Å². The Kier molecular flexibility index (Phi) is 5.43. The van der Waals surface area contributed by atoms with Crippen LogP contribution in [0.5, 0.6) is 0 Å². The van der Waals surface area contributed by atoms with Gasteiger partial charge in [-0.3, -0.25) is 4.79 Å². The summed E-state index contributed by atoms with van der Waals surface area (Å²) >= 11 is 0. The highest BCUT2D eigenvalue weighted by Crippen LogP contribution is 2.08. The predicted molar refractivity (Wildman–Crippen MR) is 77.1 cm³/mol. The lowest BCUT2D eigenvalue weighted by Gasteiger charge is -2.22. The molecule has 1 amide bonds. The van der Waals surface area contributed by atoms with Crippen molar-refractivity contribution >= 4 is 18.1 Å². The zero-order valence-electron chi connectivity index (χ0n) is 12.0. The van der Waals surface area contributed by atoms with Crippen molar-refractivity contribution in [1.29, 1.82) is 5.41 Å². The molecule has 0 radical (unpaired) electrons. The zero-order valence-corrected chi connectivity index (χ0v) is 12.0. The van der Waals surface area contributed by atoms with Gasteiger partial charge in [0.05, 0.1) is 6.21 Å². The second kappa shape index (κ2) is 6.84. The Balaban J connectivity index is 2.73. The molecule has 108 valence electrons. The fourth-order valence-electron chi connectivity index (χ4n) is 1.62. The predicted octanol–water partition coefficient (Wildman–Crippen LogP) is 2.34. The molecule has 0 aliphatic carbocycles. The van der Waals surface area contributed by atoms with Crippen molar-refractivity contribution < 1.29 is 14.3 Å². The summed E-state index contributed by atoms with van der Waals surface area (Å²) in [6, 6.07) is 8.52. The van der Waals surface area contributed by atoms with Crippen molar-refractivity contribution in [3.63, 3.8) is 0 Å². The number of nitrogens with one attached hydrogen (secondary N) is 2. The monoisotopic (exact) mass is 276 g/mol. The average molecular weight is 276 g/mol. The van der Waals surface area contributed by atoms with Gasteiger partial charge in [0.15, 0.2) is 5.78 Å². The van der Waals surface area contributed by atoms with E-state index in [-0.39, 0.29) is 0 Å². The summed E-state index contributed by atoms with van der Waals surface area (Å²) in [4.78, 5) is 23.4. The number of ether oxygens (including phenoxy) is 1. The third kappa shape index (κ3) is 5.65. The normalized spacial score (nSPS) is 12.3. The topological polar surface area (TPSA) is 79.2 Å². The van der Waals surface area contributed by atoms with Gasteiger partial charge in [-0.15, -0.1) is 0 Å². The van der Waals surface area contributed by atoms with Crippen LogP contribution < -0.4 is 5.32 Å². The highest BCUT2D eigenvalue weighted by Gasteiger charge is 2.23. The summed E-state index contributed by atoms with van der Waals surface area (Å²) in [6.45, 7) is 5.24. The van der Waals surface area contributed by atoms with Gasteiger partial charge in [-0.2, -0.15) is 0 Å². The summed E-state index contributed by atoms with van der Waals surface area (Å²) in [5, 5.41) is 9.57. The second-order valence-corrected chi connectivity index (χ2v) is 5.44. The average Bonchev–Trinajstić information content (AvgIpc) is 2.36. The molecule has 0 aromatic heterocycles. The Hall–Kier alpha value is -2.17. The molecule has 20 heavy (non-hydrogen) atoms.